The number of hydrogen-bond donors (Lipinski definition) is 2. The summed E-state index contributed by atoms with van der Waals surface area (Å²) in [6.45, 7) is 3.99. The van der Waals surface area contributed by atoms with Crippen LogP contribution in [0.15, 0.2) is 53.9 Å². The van der Waals surface area contributed by atoms with E-state index in [1.54, 1.807) is 12.1 Å². The van der Waals surface area contributed by atoms with E-state index >= 15 is 0 Å². The Bertz CT molecular complexity index is 1220. The molecule has 0 amide bonds. The van der Waals surface area contributed by atoms with Gasteiger partial charge in [-0.15, -0.1) is 5.10 Å². The molecule has 4 rings (SSSR count). The number of benzene rings is 2. The fourth-order valence-electron chi connectivity index (χ4n) is 3.70. The van der Waals surface area contributed by atoms with Gasteiger partial charge in [0.25, 0.3) is 5.69 Å². The van der Waals surface area contributed by atoms with E-state index in [4.69, 9.17) is 10.5 Å². The number of aromatic nitrogens is 2. The quantitative estimate of drug-likeness (QED) is 0.519. The van der Waals surface area contributed by atoms with Gasteiger partial charge in [-0.05, 0) is 25.0 Å². The van der Waals surface area contributed by atoms with Crippen molar-refractivity contribution in [2.24, 2.45) is 5.73 Å². The summed E-state index contributed by atoms with van der Waals surface area (Å²) in [6, 6.07) is 14.3. The Kier molecular flexibility index (Phi) is 4.28. The van der Waals surface area contributed by atoms with Crippen LogP contribution in [0.1, 0.15) is 28.2 Å². The van der Waals surface area contributed by atoms with Gasteiger partial charge in [0.05, 0.1) is 22.1 Å². The van der Waals surface area contributed by atoms with Gasteiger partial charge < -0.3 is 10.5 Å². The second-order valence-electron chi connectivity index (χ2n) is 6.91. The fraction of sp³-hybridized carbons (Fsp3) is 0.143. The summed E-state index contributed by atoms with van der Waals surface area (Å²) in [5.41, 5.74) is 11.0. The number of aromatic amines is 1. The molecule has 3 aromatic rings. The lowest BCUT2D eigenvalue weighted by Gasteiger charge is -2.24. The summed E-state index contributed by atoms with van der Waals surface area (Å²) in [5, 5.41) is 28.3. The minimum absolute atomic E-state index is 0.0600. The van der Waals surface area contributed by atoms with E-state index in [9.17, 15) is 15.4 Å². The number of nitro benzene ring substituents is 1. The van der Waals surface area contributed by atoms with Gasteiger partial charge in [-0.1, -0.05) is 35.9 Å². The van der Waals surface area contributed by atoms with E-state index in [1.807, 2.05) is 32.0 Å². The van der Waals surface area contributed by atoms with Crippen molar-refractivity contribution >= 4 is 5.69 Å². The van der Waals surface area contributed by atoms with E-state index < -0.39 is 10.8 Å². The Morgan fingerprint density at radius 1 is 1.28 bits per heavy atom. The van der Waals surface area contributed by atoms with Crippen molar-refractivity contribution in [3.05, 3.63) is 86.3 Å². The topological polar surface area (TPSA) is 131 Å². The van der Waals surface area contributed by atoms with Gasteiger partial charge in [-0.2, -0.15) is 5.26 Å². The zero-order valence-electron chi connectivity index (χ0n) is 15.8. The van der Waals surface area contributed by atoms with Gasteiger partial charge in [-0.3, -0.25) is 15.2 Å². The van der Waals surface area contributed by atoms with Crippen molar-refractivity contribution in [3.63, 3.8) is 0 Å². The first-order chi connectivity index (χ1) is 13.9. The standard InChI is InChI=1S/C21H17N5O3/c1-11-6-7-15(12(2)8-11)19-18-17(13-4-3-5-14(9-13)26(27)28)16(10-22)20(23)29-21(18)25-24-19/h3-9,17H,23H2,1-2H3,(H,24,25)/t17-/m0/s1. The van der Waals surface area contributed by atoms with Crippen molar-refractivity contribution in [1.29, 1.82) is 5.26 Å². The maximum atomic E-state index is 11.3. The average molecular weight is 387 g/mol. The number of nitrogens with two attached hydrogens (primary N) is 1. The number of rotatable bonds is 3. The number of H-pyrrole nitrogens is 1. The molecular weight excluding hydrogens is 370 g/mol. The number of fused-ring (bicyclic) bond motifs is 1. The van der Waals surface area contributed by atoms with E-state index in [2.05, 4.69) is 16.3 Å². The molecule has 1 aromatic heterocycles. The van der Waals surface area contributed by atoms with Crippen LogP contribution in [0.3, 0.4) is 0 Å². The van der Waals surface area contributed by atoms with Crippen LogP contribution in [-0.4, -0.2) is 15.1 Å². The van der Waals surface area contributed by atoms with Gasteiger partial charge >= 0.3 is 0 Å². The van der Waals surface area contributed by atoms with Gasteiger partial charge in [0, 0.05) is 17.7 Å². The molecule has 0 saturated heterocycles. The third kappa shape index (κ3) is 2.99. The predicted molar refractivity (Wildman–Crippen MR) is 106 cm³/mol. The average Bonchev–Trinajstić information content (AvgIpc) is 3.10. The number of hydrogen-bond acceptors (Lipinski definition) is 6. The molecule has 144 valence electrons. The summed E-state index contributed by atoms with van der Waals surface area (Å²) >= 11 is 0. The molecule has 0 aliphatic carbocycles. The van der Waals surface area contributed by atoms with Gasteiger partial charge in [-0.25, -0.2) is 0 Å². The molecule has 3 N–H and O–H groups in total. The first-order valence-electron chi connectivity index (χ1n) is 8.88. The first-order valence-corrected chi connectivity index (χ1v) is 8.88. The molecule has 0 bridgehead atoms. The molecule has 0 unspecified atom stereocenters. The van der Waals surface area contributed by atoms with E-state index in [-0.39, 0.29) is 23.0 Å². The zero-order valence-corrected chi connectivity index (χ0v) is 15.8. The van der Waals surface area contributed by atoms with Crippen molar-refractivity contribution < 1.29 is 9.66 Å². The van der Waals surface area contributed by atoms with Gasteiger partial charge in [0.15, 0.2) is 0 Å². The Labute approximate surface area is 166 Å². The highest BCUT2D eigenvalue weighted by atomic mass is 16.6. The minimum atomic E-state index is -0.641. The summed E-state index contributed by atoms with van der Waals surface area (Å²) in [4.78, 5) is 10.8. The SMILES string of the molecule is Cc1ccc(-c2[nH]nc3c2[C@@H](c2cccc([N+](=O)[O-])c2)C(C#N)=C(N)O3)c(C)c1. The van der Waals surface area contributed by atoms with Crippen LogP contribution in [0, 0.1) is 35.3 Å². The normalized spacial score (nSPS) is 15.4. The molecular formula is C21H17N5O3. The molecule has 8 nitrogen and oxygen atoms in total. The second kappa shape index (κ2) is 6.80. The Morgan fingerprint density at radius 2 is 2.07 bits per heavy atom. The molecule has 1 aliphatic heterocycles. The van der Waals surface area contributed by atoms with Crippen LogP contribution in [0.25, 0.3) is 11.3 Å². The van der Waals surface area contributed by atoms with Crippen LogP contribution in [-0.2, 0) is 0 Å². The maximum absolute atomic E-state index is 11.3. The summed E-state index contributed by atoms with van der Waals surface area (Å²) < 4.78 is 5.59. The van der Waals surface area contributed by atoms with Crippen LogP contribution in [0.2, 0.25) is 0 Å². The van der Waals surface area contributed by atoms with Crippen LogP contribution < -0.4 is 10.5 Å². The number of allylic oxidation sites excluding steroid dienone is 1. The molecule has 0 saturated carbocycles. The monoisotopic (exact) mass is 387 g/mol. The molecule has 8 heteroatoms. The van der Waals surface area contributed by atoms with Crippen molar-refractivity contribution in [3.8, 4) is 23.2 Å². The lowest BCUT2D eigenvalue weighted by atomic mass is 9.82. The summed E-state index contributed by atoms with van der Waals surface area (Å²) in [6.07, 6.45) is 0. The Morgan fingerprint density at radius 3 is 2.76 bits per heavy atom. The maximum Gasteiger partial charge on any atom is 0.269 e. The highest BCUT2D eigenvalue weighted by molar-refractivity contribution is 5.73. The lowest BCUT2D eigenvalue weighted by Crippen LogP contribution is -2.21. The van der Waals surface area contributed by atoms with Crippen LogP contribution in [0.5, 0.6) is 5.88 Å². The second-order valence-corrected chi connectivity index (χ2v) is 6.91. The number of non-ortho nitro benzene ring substituents is 1. The number of nitro groups is 1. The Balaban J connectivity index is 1.97. The predicted octanol–water partition coefficient (Wildman–Crippen LogP) is 3.82. The highest BCUT2D eigenvalue weighted by Gasteiger charge is 2.36. The molecule has 0 spiro atoms. The van der Waals surface area contributed by atoms with Gasteiger partial charge in [0.1, 0.15) is 11.6 Å². The molecule has 1 aliphatic rings. The van der Waals surface area contributed by atoms with Crippen LogP contribution in [0.4, 0.5) is 5.69 Å². The lowest BCUT2D eigenvalue weighted by molar-refractivity contribution is -0.384. The highest BCUT2D eigenvalue weighted by Crippen LogP contribution is 2.46. The van der Waals surface area contributed by atoms with Gasteiger partial charge in [0.2, 0.25) is 11.8 Å². The zero-order chi connectivity index (χ0) is 20.7. The Hall–Kier alpha value is -4.12. The summed E-state index contributed by atoms with van der Waals surface area (Å²) in [7, 11) is 0. The number of nitriles is 1. The minimum Gasteiger partial charge on any atom is -0.420 e. The molecule has 2 heterocycles. The molecule has 1 atom stereocenters. The van der Waals surface area contributed by atoms with E-state index in [0.29, 0.717) is 16.8 Å². The third-order valence-electron chi connectivity index (χ3n) is 5.00. The molecule has 29 heavy (non-hydrogen) atoms. The van der Waals surface area contributed by atoms with E-state index in [1.165, 1.54) is 12.1 Å². The van der Waals surface area contributed by atoms with Crippen molar-refractivity contribution in [1.82, 2.24) is 10.2 Å². The van der Waals surface area contributed by atoms with Crippen molar-refractivity contribution in [2.75, 3.05) is 0 Å². The third-order valence-corrected chi connectivity index (χ3v) is 5.00. The summed E-state index contributed by atoms with van der Waals surface area (Å²) in [5.74, 6) is -0.443. The molecule has 0 radical (unpaired) electrons. The van der Waals surface area contributed by atoms with Crippen molar-refractivity contribution in [2.45, 2.75) is 19.8 Å². The van der Waals surface area contributed by atoms with E-state index in [0.717, 1.165) is 16.7 Å². The van der Waals surface area contributed by atoms with Crippen LogP contribution >= 0.6 is 0 Å². The molecule has 2 aromatic carbocycles. The number of aryl methyl sites for hydroxylation is 2. The largest absolute Gasteiger partial charge is 0.420 e. The smallest absolute Gasteiger partial charge is 0.269 e. The first kappa shape index (κ1) is 18.3. The number of nitrogens with one attached hydrogen (secondary N) is 1. The number of ether oxygens (including phenoxy) is 1. The number of nitrogens with zero attached hydrogens (tertiary/aromatic N) is 3. The molecule has 0 fully saturated rings. The fourth-order valence-corrected chi connectivity index (χ4v) is 3.70.